The van der Waals surface area contributed by atoms with Gasteiger partial charge in [0, 0.05) is 23.4 Å². The summed E-state index contributed by atoms with van der Waals surface area (Å²) in [6, 6.07) is 7.66. The van der Waals surface area contributed by atoms with Crippen molar-refractivity contribution in [2.75, 3.05) is 0 Å². The molecule has 0 bridgehead atoms. The van der Waals surface area contributed by atoms with E-state index in [9.17, 15) is 4.79 Å². The Labute approximate surface area is 108 Å². The van der Waals surface area contributed by atoms with E-state index in [4.69, 9.17) is 0 Å². The molecule has 0 radical (unpaired) electrons. The summed E-state index contributed by atoms with van der Waals surface area (Å²) >= 11 is 3.38. The molecule has 0 atom stereocenters. The van der Waals surface area contributed by atoms with Crippen LogP contribution in [0.5, 0.6) is 0 Å². The highest BCUT2D eigenvalue weighted by Gasteiger charge is 2.09. The van der Waals surface area contributed by atoms with Crippen LogP contribution in [0.2, 0.25) is 0 Å². The van der Waals surface area contributed by atoms with Gasteiger partial charge in [0.25, 0.3) is 5.91 Å². The number of H-pyrrole nitrogens is 1. The number of aryl methyl sites for hydroxylation is 1. The predicted octanol–water partition coefficient (Wildman–Crippen LogP) is 3.02. The monoisotopic (exact) mass is 292 g/mol. The zero-order valence-electron chi connectivity index (χ0n) is 9.46. The largest absolute Gasteiger partial charge is 0.367 e. The van der Waals surface area contributed by atoms with E-state index >= 15 is 0 Å². The number of aromatic nitrogens is 1. The van der Waals surface area contributed by atoms with Gasteiger partial charge in [-0.25, -0.2) is 0 Å². The molecular formula is C13H13BrN2O. The van der Waals surface area contributed by atoms with Gasteiger partial charge < -0.3 is 10.3 Å². The predicted molar refractivity (Wildman–Crippen MR) is 70.8 cm³/mol. The van der Waals surface area contributed by atoms with Crippen molar-refractivity contribution in [3.05, 3.63) is 57.8 Å². The summed E-state index contributed by atoms with van der Waals surface area (Å²) in [5, 5.41) is 2.88. The first-order valence-corrected chi connectivity index (χ1v) is 6.12. The summed E-state index contributed by atoms with van der Waals surface area (Å²) in [5.41, 5.74) is 2.79. The molecule has 0 saturated carbocycles. The van der Waals surface area contributed by atoms with Gasteiger partial charge in [-0.15, -0.1) is 0 Å². The smallest absolute Gasteiger partial charge is 0.252 e. The van der Waals surface area contributed by atoms with Crippen molar-refractivity contribution in [3.8, 4) is 0 Å². The number of hydrogen-bond donors (Lipinski definition) is 2. The maximum absolute atomic E-state index is 12.0. The fourth-order valence-corrected chi connectivity index (χ4v) is 1.99. The molecule has 1 amide bonds. The van der Waals surface area contributed by atoms with Gasteiger partial charge in [-0.3, -0.25) is 4.79 Å². The van der Waals surface area contributed by atoms with Gasteiger partial charge in [0.15, 0.2) is 0 Å². The number of halogens is 1. The van der Waals surface area contributed by atoms with Gasteiger partial charge in [-0.05, 0) is 46.6 Å². The summed E-state index contributed by atoms with van der Waals surface area (Å²) in [6.07, 6.45) is 3.70. The van der Waals surface area contributed by atoms with Crippen LogP contribution in [0.15, 0.2) is 41.1 Å². The van der Waals surface area contributed by atoms with E-state index in [1.54, 1.807) is 0 Å². The molecule has 3 nitrogen and oxygen atoms in total. The van der Waals surface area contributed by atoms with E-state index in [0.717, 1.165) is 15.6 Å². The first kappa shape index (κ1) is 11.9. The Morgan fingerprint density at radius 2 is 2.24 bits per heavy atom. The lowest BCUT2D eigenvalue weighted by atomic mass is 10.1. The summed E-state index contributed by atoms with van der Waals surface area (Å²) < 4.78 is 0.815. The molecule has 1 heterocycles. The van der Waals surface area contributed by atoms with Crippen LogP contribution in [0.25, 0.3) is 0 Å². The second-order valence-corrected chi connectivity index (χ2v) is 4.74. The van der Waals surface area contributed by atoms with Crippen molar-refractivity contribution < 1.29 is 4.79 Å². The zero-order valence-corrected chi connectivity index (χ0v) is 11.0. The van der Waals surface area contributed by atoms with Crippen LogP contribution >= 0.6 is 15.9 Å². The van der Waals surface area contributed by atoms with Crippen LogP contribution < -0.4 is 5.32 Å². The normalized spacial score (nSPS) is 10.2. The Morgan fingerprint density at radius 1 is 1.41 bits per heavy atom. The van der Waals surface area contributed by atoms with Crippen LogP contribution in [-0.2, 0) is 6.54 Å². The quantitative estimate of drug-likeness (QED) is 0.897. The second-order valence-electron chi connectivity index (χ2n) is 3.89. The van der Waals surface area contributed by atoms with Crippen molar-refractivity contribution >= 4 is 21.8 Å². The van der Waals surface area contributed by atoms with E-state index in [1.807, 2.05) is 43.6 Å². The molecule has 2 N–H and O–H groups in total. The highest BCUT2D eigenvalue weighted by atomic mass is 79.9. The van der Waals surface area contributed by atoms with Gasteiger partial charge >= 0.3 is 0 Å². The third kappa shape index (κ3) is 2.97. The van der Waals surface area contributed by atoms with Crippen LogP contribution in [-0.4, -0.2) is 10.9 Å². The molecule has 1 aromatic heterocycles. The fraction of sp³-hybridized carbons (Fsp3) is 0.154. The van der Waals surface area contributed by atoms with Crippen molar-refractivity contribution in [2.45, 2.75) is 13.5 Å². The van der Waals surface area contributed by atoms with Gasteiger partial charge in [-0.1, -0.05) is 11.6 Å². The lowest BCUT2D eigenvalue weighted by Crippen LogP contribution is -2.23. The molecule has 0 spiro atoms. The number of amides is 1. The first-order valence-electron chi connectivity index (χ1n) is 5.33. The van der Waals surface area contributed by atoms with Crippen molar-refractivity contribution in [2.24, 2.45) is 0 Å². The number of nitrogens with one attached hydrogen (secondary N) is 2. The highest BCUT2D eigenvalue weighted by Crippen LogP contribution is 2.18. The number of carbonyl (C=O) groups is 1. The van der Waals surface area contributed by atoms with Crippen molar-refractivity contribution in [1.82, 2.24) is 10.3 Å². The molecule has 0 unspecified atom stereocenters. The standard InChI is InChI=1S/C13H13BrN2O/c1-9-2-3-12(14)11(6-9)13(17)16-8-10-4-5-15-7-10/h2-7,15H,8H2,1H3,(H,16,17). The number of aromatic amines is 1. The Hall–Kier alpha value is -1.55. The molecule has 0 saturated heterocycles. The minimum Gasteiger partial charge on any atom is -0.367 e. The molecule has 17 heavy (non-hydrogen) atoms. The van der Waals surface area contributed by atoms with E-state index < -0.39 is 0 Å². The molecule has 0 aliphatic heterocycles. The SMILES string of the molecule is Cc1ccc(Br)c(C(=O)NCc2cc[nH]c2)c1. The van der Waals surface area contributed by atoms with Crippen LogP contribution in [0, 0.1) is 6.92 Å². The zero-order chi connectivity index (χ0) is 12.3. The van der Waals surface area contributed by atoms with E-state index in [0.29, 0.717) is 12.1 Å². The molecule has 0 aliphatic rings. The highest BCUT2D eigenvalue weighted by molar-refractivity contribution is 9.10. The van der Waals surface area contributed by atoms with Gasteiger partial charge in [0.1, 0.15) is 0 Å². The summed E-state index contributed by atoms with van der Waals surface area (Å²) in [7, 11) is 0. The lowest BCUT2D eigenvalue weighted by molar-refractivity contribution is 0.0950. The minimum atomic E-state index is -0.0678. The molecule has 0 fully saturated rings. The van der Waals surface area contributed by atoms with E-state index in [-0.39, 0.29) is 5.91 Å². The van der Waals surface area contributed by atoms with Crippen LogP contribution in [0.4, 0.5) is 0 Å². The van der Waals surface area contributed by atoms with Crippen LogP contribution in [0.3, 0.4) is 0 Å². The molecule has 4 heteroatoms. The molecule has 88 valence electrons. The number of hydrogen-bond acceptors (Lipinski definition) is 1. The average Bonchev–Trinajstić information content (AvgIpc) is 2.82. The maximum Gasteiger partial charge on any atom is 0.252 e. The lowest BCUT2D eigenvalue weighted by Gasteiger charge is -2.06. The van der Waals surface area contributed by atoms with E-state index in [1.165, 1.54) is 0 Å². The number of rotatable bonds is 3. The topological polar surface area (TPSA) is 44.9 Å². The third-order valence-corrected chi connectivity index (χ3v) is 3.17. The van der Waals surface area contributed by atoms with E-state index in [2.05, 4.69) is 26.2 Å². The van der Waals surface area contributed by atoms with Gasteiger partial charge in [0.2, 0.25) is 0 Å². The summed E-state index contributed by atoms with van der Waals surface area (Å²) in [4.78, 5) is 14.9. The van der Waals surface area contributed by atoms with Crippen molar-refractivity contribution in [1.29, 1.82) is 0 Å². The molecule has 0 aliphatic carbocycles. The minimum absolute atomic E-state index is 0.0678. The van der Waals surface area contributed by atoms with Crippen LogP contribution in [0.1, 0.15) is 21.5 Å². The van der Waals surface area contributed by atoms with Gasteiger partial charge in [-0.2, -0.15) is 0 Å². The Bertz CT molecular complexity index is 520. The van der Waals surface area contributed by atoms with Crippen molar-refractivity contribution in [3.63, 3.8) is 0 Å². The fourth-order valence-electron chi connectivity index (χ4n) is 1.56. The average molecular weight is 293 g/mol. The molecular weight excluding hydrogens is 280 g/mol. The van der Waals surface area contributed by atoms with Gasteiger partial charge in [0.05, 0.1) is 5.56 Å². The summed E-state index contributed by atoms with van der Waals surface area (Å²) in [6.45, 7) is 2.50. The summed E-state index contributed by atoms with van der Waals surface area (Å²) in [5.74, 6) is -0.0678. The molecule has 2 rings (SSSR count). The Morgan fingerprint density at radius 3 is 2.94 bits per heavy atom. The Balaban J connectivity index is 2.07. The molecule has 2 aromatic rings. The first-order chi connectivity index (χ1) is 8.16. The maximum atomic E-state index is 12.0. The number of benzene rings is 1. The number of carbonyl (C=O) groups excluding carboxylic acids is 1. The molecule has 1 aromatic carbocycles. The Kier molecular flexibility index (Phi) is 3.64. The second kappa shape index (κ2) is 5.19. The third-order valence-electron chi connectivity index (χ3n) is 2.48.